The van der Waals surface area contributed by atoms with Crippen molar-refractivity contribution in [3.8, 4) is 22.6 Å². The largest absolute Gasteiger partial charge is 0.494 e. The zero-order valence-electron chi connectivity index (χ0n) is 19.2. The average molecular weight is 544 g/mol. The molecule has 0 aliphatic rings. The minimum Gasteiger partial charge on any atom is -0.494 e. The second-order valence-electron chi connectivity index (χ2n) is 6.97. The number of nitrogens with one attached hydrogen (secondary N) is 1. The summed E-state index contributed by atoms with van der Waals surface area (Å²) in [6, 6.07) is 13.0. The fourth-order valence-corrected chi connectivity index (χ4v) is 4.56. The lowest BCUT2D eigenvalue weighted by molar-refractivity contribution is -0.111. The summed E-state index contributed by atoms with van der Waals surface area (Å²) in [4.78, 5) is 25.5. The number of amides is 1. The summed E-state index contributed by atoms with van der Waals surface area (Å²) < 4.78 is 17.3. The first-order chi connectivity index (χ1) is 16.5. The van der Waals surface area contributed by atoms with Gasteiger partial charge in [-0.25, -0.2) is 4.79 Å². The molecular formula is C26H26BrNO5S. The Kier molecular flexibility index (Phi) is 9.30. The van der Waals surface area contributed by atoms with Crippen LogP contribution in [-0.2, 0) is 9.53 Å². The fourth-order valence-electron chi connectivity index (χ4n) is 3.22. The fraction of sp³-hybridized carbons (Fsp3) is 0.231. The van der Waals surface area contributed by atoms with Crippen molar-refractivity contribution in [2.75, 3.05) is 25.1 Å². The van der Waals surface area contributed by atoms with E-state index in [0.29, 0.717) is 35.1 Å². The number of hydrogen-bond acceptors (Lipinski definition) is 6. The summed E-state index contributed by atoms with van der Waals surface area (Å²) in [5, 5.41) is 5.09. The molecule has 3 aromatic rings. The van der Waals surface area contributed by atoms with E-state index in [1.807, 2.05) is 61.7 Å². The normalized spacial score (nSPS) is 10.8. The van der Waals surface area contributed by atoms with Gasteiger partial charge in [-0.15, -0.1) is 11.3 Å². The first kappa shape index (κ1) is 25.5. The lowest BCUT2D eigenvalue weighted by atomic mass is 10.0. The summed E-state index contributed by atoms with van der Waals surface area (Å²) >= 11 is 4.71. The Hall–Kier alpha value is -3.10. The van der Waals surface area contributed by atoms with Gasteiger partial charge in [0, 0.05) is 27.1 Å². The highest BCUT2D eigenvalue weighted by Gasteiger charge is 2.22. The minimum atomic E-state index is -0.488. The van der Waals surface area contributed by atoms with E-state index in [9.17, 15) is 9.59 Å². The van der Waals surface area contributed by atoms with Crippen LogP contribution >= 0.6 is 27.3 Å². The van der Waals surface area contributed by atoms with E-state index in [-0.39, 0.29) is 12.5 Å². The van der Waals surface area contributed by atoms with Crippen molar-refractivity contribution >= 4 is 50.2 Å². The van der Waals surface area contributed by atoms with Crippen molar-refractivity contribution in [2.45, 2.75) is 20.8 Å². The molecule has 2 aromatic carbocycles. The summed E-state index contributed by atoms with van der Waals surface area (Å²) in [6.45, 7) is 6.88. The van der Waals surface area contributed by atoms with Crippen molar-refractivity contribution in [1.82, 2.24) is 0 Å². The molecule has 0 saturated heterocycles. The Morgan fingerprint density at radius 3 is 2.41 bits per heavy atom. The second-order valence-corrected chi connectivity index (χ2v) is 8.76. The number of anilines is 1. The van der Waals surface area contributed by atoms with Crippen molar-refractivity contribution in [2.24, 2.45) is 0 Å². The number of halogens is 1. The van der Waals surface area contributed by atoms with E-state index in [4.69, 9.17) is 14.2 Å². The zero-order valence-corrected chi connectivity index (χ0v) is 21.6. The molecule has 0 fully saturated rings. The number of esters is 1. The number of carbonyl (C=O) groups is 2. The molecule has 0 atom stereocenters. The van der Waals surface area contributed by atoms with E-state index in [1.165, 1.54) is 17.4 Å². The molecule has 0 aliphatic carbocycles. The number of ether oxygens (including phenoxy) is 3. The number of benzene rings is 2. The van der Waals surface area contributed by atoms with Gasteiger partial charge in [-0.3, -0.25) is 4.79 Å². The second kappa shape index (κ2) is 12.4. The third kappa shape index (κ3) is 6.48. The molecule has 178 valence electrons. The predicted molar refractivity (Wildman–Crippen MR) is 140 cm³/mol. The molecule has 34 heavy (non-hydrogen) atoms. The van der Waals surface area contributed by atoms with Gasteiger partial charge in [-0.1, -0.05) is 28.1 Å². The van der Waals surface area contributed by atoms with Crippen molar-refractivity contribution in [3.05, 3.63) is 69.5 Å². The van der Waals surface area contributed by atoms with E-state index < -0.39 is 5.97 Å². The van der Waals surface area contributed by atoms with Gasteiger partial charge in [0.1, 0.15) is 22.1 Å². The number of rotatable bonds is 10. The Morgan fingerprint density at radius 2 is 1.74 bits per heavy atom. The Labute approximate surface area is 211 Å². The summed E-state index contributed by atoms with van der Waals surface area (Å²) in [6.07, 6.45) is 3.09. The molecule has 1 heterocycles. The van der Waals surface area contributed by atoms with Crippen LogP contribution in [-0.4, -0.2) is 31.7 Å². The Bertz CT molecular complexity index is 1170. The molecule has 0 saturated carbocycles. The molecule has 0 spiro atoms. The van der Waals surface area contributed by atoms with Gasteiger partial charge in [0.15, 0.2) is 0 Å². The SMILES string of the molecule is CCOC(=O)c1c(-c2ccc(OCC)cc2)csc1NC(=O)C=Cc1cc(Br)ccc1OCC. The minimum absolute atomic E-state index is 0.230. The van der Waals surface area contributed by atoms with E-state index in [1.54, 1.807) is 13.0 Å². The van der Waals surface area contributed by atoms with Gasteiger partial charge in [-0.2, -0.15) is 0 Å². The standard InChI is InChI=1S/C26H26BrNO5S/c1-4-31-20-11-7-17(8-12-20)21-16-34-25(24(21)26(30)33-6-3)28-23(29)14-9-18-15-19(27)10-13-22(18)32-5-2/h7-16H,4-6H2,1-3H3,(H,28,29). The average Bonchev–Trinajstić information content (AvgIpc) is 3.23. The van der Waals surface area contributed by atoms with Gasteiger partial charge in [0.05, 0.1) is 19.8 Å². The van der Waals surface area contributed by atoms with Crippen LogP contribution < -0.4 is 14.8 Å². The molecule has 1 amide bonds. The Balaban J connectivity index is 1.87. The van der Waals surface area contributed by atoms with Gasteiger partial charge < -0.3 is 19.5 Å². The van der Waals surface area contributed by atoms with Crippen LogP contribution in [0.4, 0.5) is 5.00 Å². The quantitative estimate of drug-likeness (QED) is 0.224. The highest BCUT2D eigenvalue weighted by molar-refractivity contribution is 9.10. The van der Waals surface area contributed by atoms with Gasteiger partial charge in [0.25, 0.3) is 0 Å². The molecule has 1 aromatic heterocycles. The van der Waals surface area contributed by atoms with Crippen LogP contribution in [0.1, 0.15) is 36.7 Å². The van der Waals surface area contributed by atoms with Crippen LogP contribution in [0.15, 0.2) is 58.4 Å². The molecule has 0 unspecified atom stereocenters. The summed E-state index contributed by atoms with van der Waals surface area (Å²) in [5.74, 6) is 0.568. The molecule has 3 rings (SSSR count). The van der Waals surface area contributed by atoms with Gasteiger partial charge >= 0.3 is 5.97 Å². The van der Waals surface area contributed by atoms with Crippen molar-refractivity contribution in [3.63, 3.8) is 0 Å². The van der Waals surface area contributed by atoms with Gasteiger partial charge in [-0.05, 0) is 62.7 Å². The molecular weight excluding hydrogens is 518 g/mol. The first-order valence-corrected chi connectivity index (χ1v) is 12.6. The third-order valence-electron chi connectivity index (χ3n) is 4.67. The summed E-state index contributed by atoms with van der Waals surface area (Å²) in [5.41, 5.74) is 2.61. The maximum Gasteiger partial charge on any atom is 0.341 e. The number of carbonyl (C=O) groups excluding carboxylic acids is 2. The van der Waals surface area contributed by atoms with E-state index >= 15 is 0 Å². The predicted octanol–water partition coefficient (Wildman–Crippen LogP) is 6.80. The summed E-state index contributed by atoms with van der Waals surface area (Å²) in [7, 11) is 0. The third-order valence-corrected chi connectivity index (χ3v) is 6.06. The lowest BCUT2D eigenvalue weighted by Crippen LogP contribution is -2.12. The highest BCUT2D eigenvalue weighted by atomic mass is 79.9. The van der Waals surface area contributed by atoms with Crippen LogP contribution in [0.25, 0.3) is 17.2 Å². The van der Waals surface area contributed by atoms with Crippen molar-refractivity contribution < 1.29 is 23.8 Å². The van der Waals surface area contributed by atoms with Crippen LogP contribution in [0.5, 0.6) is 11.5 Å². The molecule has 0 bridgehead atoms. The Morgan fingerprint density at radius 1 is 1.00 bits per heavy atom. The van der Waals surface area contributed by atoms with Crippen LogP contribution in [0.3, 0.4) is 0 Å². The number of hydrogen-bond donors (Lipinski definition) is 1. The molecule has 1 N–H and O–H groups in total. The molecule has 0 aliphatic heterocycles. The topological polar surface area (TPSA) is 73.9 Å². The van der Waals surface area contributed by atoms with Gasteiger partial charge in [0.2, 0.25) is 5.91 Å². The molecule has 8 heteroatoms. The van der Waals surface area contributed by atoms with Crippen molar-refractivity contribution in [1.29, 1.82) is 0 Å². The zero-order chi connectivity index (χ0) is 24.5. The smallest absolute Gasteiger partial charge is 0.341 e. The maximum atomic E-state index is 12.8. The maximum absolute atomic E-state index is 12.8. The first-order valence-electron chi connectivity index (χ1n) is 10.9. The molecule has 6 nitrogen and oxygen atoms in total. The number of thiophene rings is 1. The highest BCUT2D eigenvalue weighted by Crippen LogP contribution is 2.37. The molecule has 0 radical (unpaired) electrons. The monoisotopic (exact) mass is 543 g/mol. The van der Waals surface area contributed by atoms with E-state index in [2.05, 4.69) is 21.2 Å². The lowest BCUT2D eigenvalue weighted by Gasteiger charge is -2.09. The van der Waals surface area contributed by atoms with E-state index in [0.717, 1.165) is 21.3 Å². The van der Waals surface area contributed by atoms with Crippen LogP contribution in [0, 0.1) is 0 Å². The van der Waals surface area contributed by atoms with Crippen LogP contribution in [0.2, 0.25) is 0 Å².